The lowest BCUT2D eigenvalue weighted by molar-refractivity contribution is -0.167. The lowest BCUT2D eigenvalue weighted by atomic mass is 10.1. The third-order valence-corrected chi connectivity index (χ3v) is 12.3. The smallest absolute Gasteiger partial charge is 0.306 e. The second-order valence-electron chi connectivity index (χ2n) is 19.5. The molecule has 0 aromatic rings. The minimum Gasteiger partial charge on any atom is -0.462 e. The molecule has 0 radical (unpaired) electrons. The summed E-state index contributed by atoms with van der Waals surface area (Å²) in [6, 6.07) is 0. The summed E-state index contributed by atoms with van der Waals surface area (Å²) >= 11 is 0. The van der Waals surface area contributed by atoms with E-state index in [1.807, 2.05) is 0 Å². The van der Waals surface area contributed by atoms with Crippen LogP contribution < -0.4 is 0 Å². The van der Waals surface area contributed by atoms with Gasteiger partial charge in [-0.05, 0) is 135 Å². The van der Waals surface area contributed by atoms with Crippen molar-refractivity contribution in [2.75, 3.05) is 13.2 Å². The average Bonchev–Trinajstić information content (AvgIpc) is 3.41. The lowest BCUT2D eigenvalue weighted by Gasteiger charge is -2.18. The number of unbranched alkanes of at least 4 members (excludes halogenated alkanes) is 19. The first-order valence-corrected chi connectivity index (χ1v) is 30.4. The van der Waals surface area contributed by atoms with E-state index >= 15 is 0 Å². The van der Waals surface area contributed by atoms with Crippen LogP contribution in [0.5, 0.6) is 0 Å². The molecule has 0 aromatic heterocycles. The SMILES string of the molecule is CC/C=C\C/C=C\C/C=C\C/C=C\C/C=C\CCCCCC(=O)OCC(COC(=O)CCCCCCCCCCCC/C=C\C=C/CCCCC)OC(=O)CCCCC/C=C\C/C=C\C/C=C\C/C=C\C/C=C\CC. The van der Waals surface area contributed by atoms with E-state index in [1.54, 1.807) is 0 Å². The zero-order chi connectivity index (χ0) is 54.3. The molecule has 0 aliphatic carbocycles. The molecule has 0 bridgehead atoms. The highest BCUT2D eigenvalue weighted by Crippen LogP contribution is 2.14. The van der Waals surface area contributed by atoms with Crippen molar-refractivity contribution in [1.29, 1.82) is 0 Å². The van der Waals surface area contributed by atoms with Gasteiger partial charge in [-0.2, -0.15) is 0 Å². The molecule has 0 amide bonds. The standard InChI is InChI=1S/C69H110O6/c1-4-7-10-13-16-19-22-25-28-31-34-37-40-43-46-49-52-55-58-61-67(70)73-64-66(75-69(72)63-60-57-54-51-48-45-42-39-36-33-30-27-24-21-18-15-12-9-6-3)65-74-68(71)62-59-56-53-50-47-44-41-38-35-32-29-26-23-20-17-14-11-8-5-2/h7,9-10,12,16-21,23,25-28,30,34,36-37,39,43,45-46,48,66H,4-6,8,11,13-15,22,24,29,31-33,35,38,40-42,44,47,49-65H2,1-3H3/b10-7-,12-9-,19-16-,20-17-,21-18-,26-23-,28-25-,30-27-,37-34-,39-36-,46-43-,48-45-. The highest BCUT2D eigenvalue weighted by atomic mass is 16.6. The molecule has 6 heteroatoms. The van der Waals surface area contributed by atoms with Crippen molar-refractivity contribution >= 4 is 17.9 Å². The molecular weight excluding hydrogens is 925 g/mol. The molecule has 1 unspecified atom stereocenters. The van der Waals surface area contributed by atoms with Crippen molar-refractivity contribution in [3.63, 3.8) is 0 Å². The molecule has 0 heterocycles. The van der Waals surface area contributed by atoms with Gasteiger partial charge in [0.25, 0.3) is 0 Å². The molecule has 0 aromatic carbocycles. The Morgan fingerprint density at radius 2 is 0.560 bits per heavy atom. The summed E-state index contributed by atoms with van der Waals surface area (Å²) in [4.78, 5) is 38.3. The molecule has 0 rings (SSSR count). The number of carbonyl (C=O) groups is 3. The van der Waals surface area contributed by atoms with Crippen LogP contribution in [0, 0.1) is 0 Å². The zero-order valence-corrected chi connectivity index (χ0v) is 48.3. The third-order valence-electron chi connectivity index (χ3n) is 12.3. The van der Waals surface area contributed by atoms with Gasteiger partial charge < -0.3 is 14.2 Å². The van der Waals surface area contributed by atoms with Crippen LogP contribution in [0.4, 0.5) is 0 Å². The Labute approximate surface area is 461 Å². The lowest BCUT2D eigenvalue weighted by Crippen LogP contribution is -2.30. The monoisotopic (exact) mass is 1030 g/mol. The summed E-state index contributed by atoms with van der Waals surface area (Å²) in [5, 5.41) is 0. The van der Waals surface area contributed by atoms with Crippen molar-refractivity contribution in [3.8, 4) is 0 Å². The van der Waals surface area contributed by atoms with E-state index in [0.717, 1.165) is 128 Å². The van der Waals surface area contributed by atoms with Gasteiger partial charge in [0.15, 0.2) is 6.10 Å². The van der Waals surface area contributed by atoms with Crippen LogP contribution in [0.3, 0.4) is 0 Å². The minimum atomic E-state index is -0.819. The number of hydrogen-bond acceptors (Lipinski definition) is 6. The van der Waals surface area contributed by atoms with Crippen molar-refractivity contribution in [3.05, 3.63) is 146 Å². The van der Waals surface area contributed by atoms with Crippen LogP contribution in [-0.4, -0.2) is 37.2 Å². The Balaban J connectivity index is 4.54. The maximum atomic E-state index is 12.9. The highest BCUT2D eigenvalue weighted by molar-refractivity contribution is 5.71. The first kappa shape index (κ1) is 70.3. The molecule has 6 nitrogen and oxygen atoms in total. The summed E-state index contributed by atoms with van der Waals surface area (Å²) in [6.45, 7) is 6.32. The van der Waals surface area contributed by atoms with Crippen molar-refractivity contribution in [2.45, 2.75) is 258 Å². The predicted molar refractivity (Wildman–Crippen MR) is 325 cm³/mol. The first-order chi connectivity index (χ1) is 37.0. The molecule has 0 aliphatic heterocycles. The van der Waals surface area contributed by atoms with Gasteiger partial charge >= 0.3 is 17.9 Å². The fraction of sp³-hybridized carbons (Fsp3) is 0.609. The summed E-state index contributed by atoms with van der Waals surface area (Å²) in [5.41, 5.74) is 0. The summed E-state index contributed by atoms with van der Waals surface area (Å²) in [5.74, 6) is -0.981. The summed E-state index contributed by atoms with van der Waals surface area (Å²) in [6.07, 6.45) is 88.3. The Morgan fingerprint density at radius 3 is 0.907 bits per heavy atom. The minimum absolute atomic E-state index is 0.109. The van der Waals surface area contributed by atoms with Crippen LogP contribution >= 0.6 is 0 Å². The molecule has 0 aliphatic rings. The van der Waals surface area contributed by atoms with E-state index in [4.69, 9.17) is 14.2 Å². The van der Waals surface area contributed by atoms with E-state index in [2.05, 4.69) is 167 Å². The molecule has 1 atom stereocenters. The van der Waals surface area contributed by atoms with Crippen LogP contribution in [0.25, 0.3) is 0 Å². The quantitative estimate of drug-likeness (QED) is 0.0199. The largest absolute Gasteiger partial charge is 0.462 e. The van der Waals surface area contributed by atoms with Crippen LogP contribution in [0.2, 0.25) is 0 Å². The number of ether oxygens (including phenoxy) is 3. The molecule has 422 valence electrons. The van der Waals surface area contributed by atoms with E-state index in [-0.39, 0.29) is 37.5 Å². The van der Waals surface area contributed by atoms with Gasteiger partial charge in [0.05, 0.1) is 0 Å². The molecular formula is C69H110O6. The number of carbonyl (C=O) groups excluding carboxylic acids is 3. The Bertz CT molecular complexity index is 1660. The molecule has 0 spiro atoms. The van der Waals surface area contributed by atoms with Gasteiger partial charge in [-0.1, -0.05) is 244 Å². The maximum absolute atomic E-state index is 12.9. The normalized spacial score (nSPS) is 13.2. The van der Waals surface area contributed by atoms with E-state index < -0.39 is 6.10 Å². The first-order valence-electron chi connectivity index (χ1n) is 30.4. The predicted octanol–water partition coefficient (Wildman–Crippen LogP) is 20.8. The second kappa shape index (κ2) is 61.8. The van der Waals surface area contributed by atoms with Crippen LogP contribution in [0.1, 0.15) is 252 Å². The number of rotatable bonds is 53. The van der Waals surface area contributed by atoms with Gasteiger partial charge in [0.2, 0.25) is 0 Å². The van der Waals surface area contributed by atoms with Crippen LogP contribution in [0.15, 0.2) is 146 Å². The zero-order valence-electron chi connectivity index (χ0n) is 48.3. The maximum Gasteiger partial charge on any atom is 0.306 e. The Morgan fingerprint density at radius 1 is 0.293 bits per heavy atom. The molecule has 0 saturated heterocycles. The van der Waals surface area contributed by atoms with Crippen molar-refractivity contribution in [2.24, 2.45) is 0 Å². The number of esters is 3. The molecule has 0 saturated carbocycles. The van der Waals surface area contributed by atoms with E-state index in [1.165, 1.54) is 77.0 Å². The van der Waals surface area contributed by atoms with Gasteiger partial charge in [-0.15, -0.1) is 0 Å². The van der Waals surface area contributed by atoms with E-state index in [9.17, 15) is 14.4 Å². The van der Waals surface area contributed by atoms with Crippen LogP contribution in [-0.2, 0) is 28.6 Å². The van der Waals surface area contributed by atoms with Crippen molar-refractivity contribution < 1.29 is 28.6 Å². The average molecular weight is 1040 g/mol. The molecule has 0 N–H and O–H groups in total. The number of allylic oxidation sites excluding steroid dienone is 24. The van der Waals surface area contributed by atoms with E-state index in [0.29, 0.717) is 19.3 Å². The van der Waals surface area contributed by atoms with Gasteiger partial charge in [-0.3, -0.25) is 14.4 Å². The van der Waals surface area contributed by atoms with Gasteiger partial charge in [-0.25, -0.2) is 0 Å². The summed E-state index contributed by atoms with van der Waals surface area (Å²) < 4.78 is 16.9. The molecule has 0 fully saturated rings. The highest BCUT2D eigenvalue weighted by Gasteiger charge is 2.19. The Kier molecular flexibility index (Phi) is 58.0. The Hall–Kier alpha value is -4.71. The third kappa shape index (κ3) is 60.0. The fourth-order valence-corrected chi connectivity index (χ4v) is 7.84. The summed E-state index contributed by atoms with van der Waals surface area (Å²) in [7, 11) is 0. The topological polar surface area (TPSA) is 78.9 Å². The second-order valence-corrected chi connectivity index (χ2v) is 19.5. The molecule has 75 heavy (non-hydrogen) atoms. The van der Waals surface area contributed by atoms with Gasteiger partial charge in [0.1, 0.15) is 13.2 Å². The van der Waals surface area contributed by atoms with Crippen molar-refractivity contribution in [1.82, 2.24) is 0 Å². The van der Waals surface area contributed by atoms with Gasteiger partial charge in [0, 0.05) is 19.3 Å². The fourth-order valence-electron chi connectivity index (χ4n) is 7.84. The number of hydrogen-bond donors (Lipinski definition) is 0.